The molecule has 130 valence electrons. The molecule has 0 aliphatic carbocycles. The predicted octanol–water partition coefficient (Wildman–Crippen LogP) is 2.06. The molecule has 5 nitrogen and oxygen atoms in total. The number of halogens is 1. The lowest BCUT2D eigenvalue weighted by atomic mass is 10.1. The van der Waals surface area contributed by atoms with Gasteiger partial charge in [-0.1, -0.05) is 18.2 Å². The molecule has 1 saturated heterocycles. The second-order valence-corrected chi connectivity index (χ2v) is 6.03. The number of amides is 2. The molecule has 0 bridgehead atoms. The number of nitrogens with zero attached hydrogens (tertiary/aromatic N) is 2. The van der Waals surface area contributed by atoms with E-state index in [0.717, 1.165) is 0 Å². The van der Waals surface area contributed by atoms with Gasteiger partial charge in [-0.3, -0.25) is 9.59 Å². The molecule has 25 heavy (non-hydrogen) atoms. The summed E-state index contributed by atoms with van der Waals surface area (Å²) in [6.07, 6.45) is 0.151. The minimum atomic E-state index is -0.355. The quantitative estimate of drug-likeness (QED) is 0.929. The highest BCUT2D eigenvalue weighted by Crippen LogP contribution is 2.15. The summed E-state index contributed by atoms with van der Waals surface area (Å²) in [6, 6.07) is 12.3. The van der Waals surface area contributed by atoms with Crippen molar-refractivity contribution in [2.75, 3.05) is 26.2 Å². The molecule has 1 N–H and O–H groups in total. The summed E-state index contributed by atoms with van der Waals surface area (Å²) in [6.45, 7) is 1.75. The van der Waals surface area contributed by atoms with E-state index in [0.29, 0.717) is 37.3 Å². The highest BCUT2D eigenvalue weighted by molar-refractivity contribution is 5.94. The molecule has 1 aliphatic heterocycles. The molecule has 2 aromatic carbocycles. The van der Waals surface area contributed by atoms with Gasteiger partial charge in [0.2, 0.25) is 5.91 Å². The van der Waals surface area contributed by atoms with Gasteiger partial charge < -0.3 is 14.9 Å². The van der Waals surface area contributed by atoms with Crippen LogP contribution in [0.15, 0.2) is 48.5 Å². The van der Waals surface area contributed by atoms with Gasteiger partial charge in [0, 0.05) is 31.7 Å². The molecule has 1 aliphatic rings. The fourth-order valence-corrected chi connectivity index (χ4v) is 2.91. The minimum absolute atomic E-state index is 0.0507. The average molecular weight is 342 g/mol. The Morgan fingerprint density at radius 3 is 2.32 bits per heavy atom. The lowest BCUT2D eigenvalue weighted by Crippen LogP contribution is -2.51. The number of carbonyl (C=O) groups is 2. The maximum Gasteiger partial charge on any atom is 0.254 e. The fraction of sp³-hybridized carbons (Fsp3) is 0.263. The van der Waals surface area contributed by atoms with E-state index in [1.165, 1.54) is 24.3 Å². The first-order chi connectivity index (χ1) is 12.0. The van der Waals surface area contributed by atoms with E-state index in [2.05, 4.69) is 0 Å². The SMILES string of the molecule is O=C(Cc1cccc(F)c1)N1CCN(C(=O)c2cccc(O)c2)CC1. The molecular formula is C19H19FN2O3. The third-order valence-corrected chi connectivity index (χ3v) is 4.26. The van der Waals surface area contributed by atoms with E-state index < -0.39 is 0 Å². The minimum Gasteiger partial charge on any atom is -0.508 e. The third kappa shape index (κ3) is 4.15. The van der Waals surface area contributed by atoms with Crippen LogP contribution in [0, 0.1) is 5.82 Å². The van der Waals surface area contributed by atoms with Gasteiger partial charge in [0.1, 0.15) is 11.6 Å². The number of phenols is 1. The van der Waals surface area contributed by atoms with Crippen molar-refractivity contribution in [1.82, 2.24) is 9.80 Å². The number of aromatic hydroxyl groups is 1. The first-order valence-corrected chi connectivity index (χ1v) is 8.13. The van der Waals surface area contributed by atoms with Crippen molar-refractivity contribution >= 4 is 11.8 Å². The molecule has 0 radical (unpaired) electrons. The van der Waals surface area contributed by atoms with Crippen LogP contribution in [0.1, 0.15) is 15.9 Å². The molecule has 0 atom stereocenters. The van der Waals surface area contributed by atoms with Crippen molar-refractivity contribution in [3.05, 3.63) is 65.5 Å². The fourth-order valence-electron chi connectivity index (χ4n) is 2.91. The van der Waals surface area contributed by atoms with Crippen LogP contribution in [0.25, 0.3) is 0 Å². The molecule has 1 fully saturated rings. The summed E-state index contributed by atoms with van der Waals surface area (Å²) < 4.78 is 13.2. The Labute approximate surface area is 145 Å². The summed E-state index contributed by atoms with van der Waals surface area (Å²) in [4.78, 5) is 28.1. The van der Waals surface area contributed by atoms with E-state index in [1.807, 2.05) is 0 Å². The Morgan fingerprint density at radius 1 is 0.960 bits per heavy atom. The Balaban J connectivity index is 1.56. The topological polar surface area (TPSA) is 60.9 Å². The Hall–Kier alpha value is -2.89. The van der Waals surface area contributed by atoms with Crippen molar-refractivity contribution in [3.8, 4) is 5.75 Å². The zero-order valence-electron chi connectivity index (χ0n) is 13.7. The molecule has 2 amide bonds. The third-order valence-electron chi connectivity index (χ3n) is 4.26. The molecule has 3 rings (SSSR count). The molecule has 6 heteroatoms. The van der Waals surface area contributed by atoms with Crippen molar-refractivity contribution in [2.24, 2.45) is 0 Å². The summed E-state index contributed by atoms with van der Waals surface area (Å²) in [7, 11) is 0. The van der Waals surface area contributed by atoms with E-state index in [4.69, 9.17) is 0 Å². The summed E-state index contributed by atoms with van der Waals surface area (Å²) in [5.74, 6) is -0.537. The maximum atomic E-state index is 13.2. The molecule has 0 spiro atoms. The van der Waals surface area contributed by atoms with Crippen molar-refractivity contribution < 1.29 is 19.1 Å². The lowest BCUT2D eigenvalue weighted by Gasteiger charge is -2.35. The van der Waals surface area contributed by atoms with Crippen LogP contribution in [-0.4, -0.2) is 52.9 Å². The van der Waals surface area contributed by atoms with Gasteiger partial charge in [0.15, 0.2) is 0 Å². The van der Waals surface area contributed by atoms with Gasteiger partial charge in [0.25, 0.3) is 5.91 Å². The van der Waals surface area contributed by atoms with E-state index in [1.54, 1.807) is 34.1 Å². The van der Waals surface area contributed by atoms with Gasteiger partial charge in [-0.05, 0) is 35.9 Å². The van der Waals surface area contributed by atoms with E-state index in [9.17, 15) is 19.1 Å². The predicted molar refractivity (Wildman–Crippen MR) is 90.7 cm³/mol. The number of hydrogen-bond donors (Lipinski definition) is 1. The molecule has 0 unspecified atom stereocenters. The zero-order valence-corrected chi connectivity index (χ0v) is 13.7. The van der Waals surface area contributed by atoms with Crippen molar-refractivity contribution in [3.63, 3.8) is 0 Å². The van der Waals surface area contributed by atoms with Crippen LogP contribution in [0.5, 0.6) is 5.75 Å². The van der Waals surface area contributed by atoms with E-state index in [-0.39, 0.29) is 29.8 Å². The summed E-state index contributed by atoms with van der Waals surface area (Å²) in [5.41, 5.74) is 1.07. The molecule has 1 heterocycles. The average Bonchev–Trinajstić information content (AvgIpc) is 2.61. The molecule has 2 aromatic rings. The molecule has 0 saturated carbocycles. The van der Waals surface area contributed by atoms with Gasteiger partial charge in [-0.25, -0.2) is 4.39 Å². The van der Waals surface area contributed by atoms with Crippen LogP contribution in [0.2, 0.25) is 0 Å². The normalized spacial score (nSPS) is 14.4. The standard InChI is InChI=1S/C19H19FN2O3/c20-16-5-1-3-14(11-16)12-18(24)21-7-9-22(10-8-21)19(25)15-4-2-6-17(23)13-15/h1-6,11,13,23H,7-10,12H2. The monoisotopic (exact) mass is 342 g/mol. The second-order valence-electron chi connectivity index (χ2n) is 6.03. The Kier molecular flexibility index (Phi) is 4.97. The second kappa shape index (κ2) is 7.34. The number of rotatable bonds is 3. The van der Waals surface area contributed by atoms with Crippen LogP contribution >= 0.6 is 0 Å². The number of hydrogen-bond acceptors (Lipinski definition) is 3. The number of piperazine rings is 1. The maximum absolute atomic E-state index is 13.2. The van der Waals surface area contributed by atoms with E-state index >= 15 is 0 Å². The smallest absolute Gasteiger partial charge is 0.254 e. The van der Waals surface area contributed by atoms with Crippen LogP contribution in [0.4, 0.5) is 4.39 Å². The number of benzene rings is 2. The molecule has 0 aromatic heterocycles. The highest BCUT2D eigenvalue weighted by atomic mass is 19.1. The number of carbonyl (C=O) groups excluding carboxylic acids is 2. The zero-order chi connectivity index (χ0) is 17.8. The largest absolute Gasteiger partial charge is 0.508 e. The first kappa shape index (κ1) is 17.0. The lowest BCUT2D eigenvalue weighted by molar-refractivity contribution is -0.131. The van der Waals surface area contributed by atoms with Gasteiger partial charge in [-0.2, -0.15) is 0 Å². The Bertz CT molecular complexity index is 786. The van der Waals surface area contributed by atoms with Crippen molar-refractivity contribution in [2.45, 2.75) is 6.42 Å². The van der Waals surface area contributed by atoms with Gasteiger partial charge >= 0.3 is 0 Å². The van der Waals surface area contributed by atoms with Crippen LogP contribution < -0.4 is 0 Å². The first-order valence-electron chi connectivity index (χ1n) is 8.13. The van der Waals surface area contributed by atoms with Crippen LogP contribution in [0.3, 0.4) is 0 Å². The Morgan fingerprint density at radius 2 is 1.64 bits per heavy atom. The summed E-state index contributed by atoms with van der Waals surface area (Å²) in [5, 5.41) is 9.48. The van der Waals surface area contributed by atoms with Gasteiger partial charge in [-0.15, -0.1) is 0 Å². The highest BCUT2D eigenvalue weighted by Gasteiger charge is 2.25. The molecular weight excluding hydrogens is 323 g/mol. The number of phenolic OH excluding ortho intramolecular Hbond substituents is 1. The summed E-state index contributed by atoms with van der Waals surface area (Å²) >= 11 is 0. The van der Waals surface area contributed by atoms with Gasteiger partial charge in [0.05, 0.1) is 6.42 Å². The van der Waals surface area contributed by atoms with Crippen molar-refractivity contribution in [1.29, 1.82) is 0 Å². The van der Waals surface area contributed by atoms with Crippen LogP contribution in [-0.2, 0) is 11.2 Å².